The third kappa shape index (κ3) is 2.91. The van der Waals surface area contributed by atoms with Crippen LogP contribution in [0.2, 0.25) is 0 Å². The Morgan fingerprint density at radius 3 is 2.77 bits per heavy atom. The molecule has 7 heteroatoms. The van der Waals surface area contributed by atoms with Crippen molar-refractivity contribution in [2.45, 2.75) is 74.1 Å². The number of likely N-dealkylation sites (N-methyl/N-ethyl adjacent to an activating group) is 1. The summed E-state index contributed by atoms with van der Waals surface area (Å²) >= 11 is 0. The molecule has 184 valence electrons. The number of phenolic OH excluding ortho intramolecular Hbond substituents is 1. The van der Waals surface area contributed by atoms with Crippen LogP contribution in [-0.2, 0) is 23.1 Å². The molecule has 1 spiro atoms. The third-order valence-corrected chi connectivity index (χ3v) is 9.73. The van der Waals surface area contributed by atoms with Crippen LogP contribution in [-0.4, -0.2) is 74.8 Å². The lowest BCUT2D eigenvalue weighted by molar-refractivity contribution is -0.200. The van der Waals surface area contributed by atoms with Crippen molar-refractivity contribution in [1.82, 2.24) is 14.8 Å². The molecule has 2 aliphatic heterocycles. The van der Waals surface area contributed by atoms with Crippen LogP contribution >= 0.6 is 0 Å². The maximum atomic E-state index is 13.4. The quantitative estimate of drug-likeness (QED) is 0.691. The number of hydrogen-bond acceptors (Lipinski definition) is 6. The highest BCUT2D eigenvalue weighted by Gasteiger charge is 2.73. The number of amides is 1. The number of phenols is 1. The van der Waals surface area contributed by atoms with Crippen LogP contribution in [0.1, 0.15) is 48.8 Å². The summed E-state index contributed by atoms with van der Waals surface area (Å²) < 4.78 is 6.60. The minimum Gasteiger partial charge on any atom is -0.504 e. The Bertz CT molecular complexity index is 1180. The predicted molar refractivity (Wildman–Crippen MR) is 129 cm³/mol. The van der Waals surface area contributed by atoms with Crippen molar-refractivity contribution < 1.29 is 19.7 Å². The van der Waals surface area contributed by atoms with Crippen molar-refractivity contribution in [3.05, 3.63) is 53.3 Å². The first kappa shape index (κ1) is 21.6. The Balaban J connectivity index is 1.28. The number of ether oxygens (including phenoxy) is 1. The van der Waals surface area contributed by atoms with Gasteiger partial charge in [0.25, 0.3) is 0 Å². The Hall–Kier alpha value is -2.64. The average Bonchev–Trinajstić information content (AvgIpc) is 3.60. The molecular formula is C28H33N3O4. The van der Waals surface area contributed by atoms with Gasteiger partial charge in [-0.05, 0) is 80.3 Å². The Morgan fingerprint density at radius 1 is 1.20 bits per heavy atom. The van der Waals surface area contributed by atoms with Crippen LogP contribution in [0.25, 0.3) is 0 Å². The molecule has 2 saturated carbocycles. The number of hydrogen-bond donors (Lipinski definition) is 2. The topological polar surface area (TPSA) is 86.1 Å². The minimum absolute atomic E-state index is 0.0329. The SMILES string of the molecule is CN(C(=O)Cc1ccncc1)[C@H]1CC[C@@]2(O)[C@@H]3Cc4ccc(O)c5c4[C@@]2(CCN3CC2CC2)[C@H]1O5. The van der Waals surface area contributed by atoms with Crippen LogP contribution < -0.4 is 4.74 Å². The summed E-state index contributed by atoms with van der Waals surface area (Å²) in [4.78, 5) is 21.8. The molecule has 35 heavy (non-hydrogen) atoms. The molecular weight excluding hydrogens is 442 g/mol. The molecule has 1 amide bonds. The van der Waals surface area contributed by atoms with Gasteiger partial charge in [-0.15, -0.1) is 0 Å². The van der Waals surface area contributed by atoms with Gasteiger partial charge in [-0.1, -0.05) is 6.07 Å². The second-order valence-corrected chi connectivity index (χ2v) is 11.4. The lowest BCUT2D eigenvalue weighted by Crippen LogP contribution is -2.78. The highest BCUT2D eigenvalue weighted by atomic mass is 16.5. The van der Waals surface area contributed by atoms with Crippen molar-refractivity contribution in [1.29, 1.82) is 0 Å². The van der Waals surface area contributed by atoms with E-state index in [1.807, 2.05) is 30.1 Å². The van der Waals surface area contributed by atoms with E-state index < -0.39 is 11.0 Å². The van der Waals surface area contributed by atoms with Gasteiger partial charge < -0.3 is 19.8 Å². The van der Waals surface area contributed by atoms with Crippen molar-refractivity contribution in [3.63, 3.8) is 0 Å². The molecule has 7 rings (SSSR count). The summed E-state index contributed by atoms with van der Waals surface area (Å²) in [5, 5.41) is 23.4. The summed E-state index contributed by atoms with van der Waals surface area (Å²) in [5.74, 6) is 1.46. The third-order valence-electron chi connectivity index (χ3n) is 9.73. The molecule has 3 fully saturated rings. The lowest BCUT2D eigenvalue weighted by atomic mass is 9.48. The molecule has 2 aromatic rings. The zero-order chi connectivity index (χ0) is 23.9. The monoisotopic (exact) mass is 475 g/mol. The van der Waals surface area contributed by atoms with Gasteiger partial charge >= 0.3 is 0 Å². The predicted octanol–water partition coefficient (Wildman–Crippen LogP) is 2.42. The van der Waals surface area contributed by atoms with Gasteiger partial charge in [-0.25, -0.2) is 0 Å². The summed E-state index contributed by atoms with van der Waals surface area (Å²) in [6.45, 7) is 1.97. The van der Waals surface area contributed by atoms with Gasteiger partial charge in [0, 0.05) is 37.6 Å². The number of aromatic hydroxyl groups is 1. The molecule has 7 nitrogen and oxygen atoms in total. The number of benzene rings is 1. The fourth-order valence-electron chi connectivity index (χ4n) is 7.84. The van der Waals surface area contributed by atoms with Crippen LogP contribution in [0, 0.1) is 5.92 Å². The molecule has 5 aliphatic rings. The van der Waals surface area contributed by atoms with Crippen molar-refractivity contribution in [2.24, 2.45) is 5.92 Å². The molecule has 1 aromatic carbocycles. The summed E-state index contributed by atoms with van der Waals surface area (Å²) in [7, 11) is 1.87. The second-order valence-electron chi connectivity index (χ2n) is 11.4. The number of aromatic nitrogens is 1. The number of rotatable bonds is 5. The Labute approximate surface area is 205 Å². The molecule has 5 atom stereocenters. The van der Waals surface area contributed by atoms with Crippen molar-refractivity contribution in [3.8, 4) is 11.5 Å². The van der Waals surface area contributed by atoms with Gasteiger partial charge in [0.2, 0.25) is 5.91 Å². The van der Waals surface area contributed by atoms with E-state index in [0.29, 0.717) is 25.0 Å². The highest BCUT2D eigenvalue weighted by molar-refractivity contribution is 5.79. The van der Waals surface area contributed by atoms with Gasteiger partial charge in [-0.2, -0.15) is 0 Å². The molecule has 0 unspecified atom stereocenters. The molecule has 2 N–H and O–H groups in total. The van der Waals surface area contributed by atoms with E-state index in [1.165, 1.54) is 18.4 Å². The number of aliphatic hydroxyl groups is 1. The summed E-state index contributed by atoms with van der Waals surface area (Å²) in [6, 6.07) is 7.38. The van der Waals surface area contributed by atoms with Crippen LogP contribution in [0.3, 0.4) is 0 Å². The maximum absolute atomic E-state index is 13.4. The van der Waals surface area contributed by atoms with Crippen molar-refractivity contribution in [2.75, 3.05) is 20.1 Å². The van der Waals surface area contributed by atoms with Gasteiger partial charge in [0.15, 0.2) is 11.5 Å². The van der Waals surface area contributed by atoms with E-state index in [2.05, 4.69) is 9.88 Å². The van der Waals surface area contributed by atoms with Crippen LogP contribution in [0.4, 0.5) is 0 Å². The normalized spacial score (nSPS) is 34.7. The molecule has 3 aliphatic carbocycles. The second kappa shape index (κ2) is 7.43. The van der Waals surface area contributed by atoms with Gasteiger partial charge in [0.1, 0.15) is 6.10 Å². The van der Waals surface area contributed by atoms with E-state index in [1.54, 1.807) is 18.5 Å². The lowest BCUT2D eigenvalue weighted by Gasteiger charge is -2.64. The zero-order valence-corrected chi connectivity index (χ0v) is 20.2. The Morgan fingerprint density at radius 2 is 2.00 bits per heavy atom. The molecule has 1 aromatic heterocycles. The fraction of sp³-hybridized carbons (Fsp3) is 0.571. The number of nitrogens with zero attached hydrogens (tertiary/aromatic N) is 3. The number of likely N-dealkylation sites (tertiary alicyclic amines) is 1. The van der Waals surface area contributed by atoms with E-state index in [-0.39, 0.29) is 29.8 Å². The first-order valence-corrected chi connectivity index (χ1v) is 13.1. The number of carbonyl (C=O) groups excluding carboxylic acids is 1. The average molecular weight is 476 g/mol. The summed E-state index contributed by atoms with van der Waals surface area (Å²) in [5.41, 5.74) is 1.59. The van der Waals surface area contributed by atoms with Gasteiger partial charge in [-0.3, -0.25) is 14.7 Å². The van der Waals surface area contributed by atoms with Crippen molar-refractivity contribution >= 4 is 5.91 Å². The van der Waals surface area contributed by atoms with E-state index in [4.69, 9.17) is 4.74 Å². The standard InChI is InChI=1S/C28H33N3O4/c1-30(23(33)14-17-7-11-29-12-8-17)20-6-9-28(34)22-15-19-4-5-21(32)25-24(19)27(28,26(20)35-25)10-13-31(22)16-18-2-3-18/h4-5,7-8,11-12,18,20,22,26,32,34H,2-3,6,9-10,13-16H2,1H3/t20-,22-,26-,27-,28+/m0/s1. The molecule has 0 radical (unpaired) electrons. The molecule has 3 heterocycles. The zero-order valence-electron chi connectivity index (χ0n) is 20.2. The fourth-order valence-corrected chi connectivity index (χ4v) is 7.84. The minimum atomic E-state index is -0.928. The van der Waals surface area contributed by atoms with Crippen LogP contribution in [0.5, 0.6) is 11.5 Å². The van der Waals surface area contributed by atoms with Gasteiger partial charge in [0.05, 0.1) is 23.5 Å². The van der Waals surface area contributed by atoms with E-state index in [9.17, 15) is 15.0 Å². The first-order chi connectivity index (χ1) is 16.9. The number of pyridine rings is 1. The van der Waals surface area contributed by atoms with Crippen LogP contribution in [0.15, 0.2) is 36.7 Å². The molecule has 1 saturated heterocycles. The summed E-state index contributed by atoms with van der Waals surface area (Å²) in [6.07, 6.45) is 8.81. The van der Waals surface area contributed by atoms with E-state index >= 15 is 0 Å². The highest BCUT2D eigenvalue weighted by Crippen LogP contribution is 2.66. The van der Waals surface area contributed by atoms with E-state index in [0.717, 1.165) is 43.0 Å². The molecule has 2 bridgehead atoms. The Kier molecular flexibility index (Phi) is 4.59. The maximum Gasteiger partial charge on any atom is 0.227 e. The largest absolute Gasteiger partial charge is 0.504 e. The number of carbonyl (C=O) groups is 1. The first-order valence-electron chi connectivity index (χ1n) is 13.1. The smallest absolute Gasteiger partial charge is 0.227 e. The number of piperidine rings is 1.